The molecular formula is C34H38N4O2. The lowest BCUT2D eigenvalue weighted by molar-refractivity contribution is -0.133. The van der Waals surface area contributed by atoms with Crippen molar-refractivity contribution in [1.82, 2.24) is 15.5 Å². The summed E-state index contributed by atoms with van der Waals surface area (Å²) in [5.41, 5.74) is 9.17. The van der Waals surface area contributed by atoms with Gasteiger partial charge in [-0.05, 0) is 53.8 Å². The minimum atomic E-state index is -0.405. The number of fused-ring (bicyclic) bond motifs is 1. The zero-order chi connectivity index (χ0) is 27.9. The van der Waals surface area contributed by atoms with Crippen LogP contribution in [0.3, 0.4) is 0 Å². The standard InChI is InChI=1S/C34H38N4O2/c1-24(35)20-32-34(40)38(23-31(26-11-4-2-5-12-26)27-13-6-3-7-14-27)19-18-30(37-32)22-36-33(39)29-17-16-25-10-8-9-15-28(25)21-29/h2-17,21,24,30-32,37H,18-20,22-23,35H2,1H3,(H,36,39)/t24?,30-,32-/m0/s1. The summed E-state index contributed by atoms with van der Waals surface area (Å²) >= 11 is 0. The molecule has 0 aliphatic carbocycles. The largest absolute Gasteiger partial charge is 0.350 e. The lowest BCUT2D eigenvalue weighted by Crippen LogP contribution is -2.50. The monoisotopic (exact) mass is 534 g/mol. The van der Waals surface area contributed by atoms with E-state index in [4.69, 9.17) is 5.73 Å². The average molecular weight is 535 g/mol. The van der Waals surface area contributed by atoms with Gasteiger partial charge >= 0.3 is 0 Å². The maximum absolute atomic E-state index is 13.8. The van der Waals surface area contributed by atoms with E-state index in [2.05, 4.69) is 34.9 Å². The summed E-state index contributed by atoms with van der Waals surface area (Å²) in [6.07, 6.45) is 1.27. The molecule has 0 bridgehead atoms. The molecule has 6 nitrogen and oxygen atoms in total. The van der Waals surface area contributed by atoms with Crippen molar-refractivity contribution in [2.24, 2.45) is 5.73 Å². The second-order valence-corrected chi connectivity index (χ2v) is 10.8. The molecule has 4 N–H and O–H groups in total. The van der Waals surface area contributed by atoms with Crippen LogP contribution in [0.1, 0.15) is 47.2 Å². The molecule has 1 unspecified atom stereocenters. The van der Waals surface area contributed by atoms with Crippen LogP contribution in [0.4, 0.5) is 0 Å². The predicted molar refractivity (Wildman–Crippen MR) is 161 cm³/mol. The number of nitrogens with two attached hydrogens (primary N) is 1. The third-order valence-corrected chi connectivity index (χ3v) is 7.73. The van der Waals surface area contributed by atoms with Gasteiger partial charge in [0.05, 0.1) is 6.04 Å². The van der Waals surface area contributed by atoms with E-state index < -0.39 is 6.04 Å². The van der Waals surface area contributed by atoms with Crippen molar-refractivity contribution in [2.45, 2.75) is 43.8 Å². The van der Waals surface area contributed by atoms with Crippen molar-refractivity contribution in [2.75, 3.05) is 19.6 Å². The Morgan fingerprint density at radius 1 is 0.925 bits per heavy atom. The third-order valence-electron chi connectivity index (χ3n) is 7.73. The highest BCUT2D eigenvalue weighted by molar-refractivity contribution is 5.98. The number of benzene rings is 4. The third kappa shape index (κ3) is 6.76. The molecule has 1 aliphatic rings. The van der Waals surface area contributed by atoms with E-state index in [1.165, 1.54) is 11.1 Å². The molecule has 6 heteroatoms. The fourth-order valence-electron chi connectivity index (χ4n) is 5.61. The van der Waals surface area contributed by atoms with Crippen LogP contribution in [0.15, 0.2) is 103 Å². The molecule has 0 radical (unpaired) electrons. The van der Waals surface area contributed by atoms with Gasteiger partial charge in [-0.2, -0.15) is 0 Å². The highest BCUT2D eigenvalue weighted by Gasteiger charge is 2.33. The number of carbonyl (C=O) groups is 2. The number of hydrogen-bond acceptors (Lipinski definition) is 4. The van der Waals surface area contributed by atoms with E-state index in [0.29, 0.717) is 31.6 Å². The van der Waals surface area contributed by atoms with Crippen molar-refractivity contribution in [3.05, 3.63) is 120 Å². The molecule has 0 aromatic heterocycles. The topological polar surface area (TPSA) is 87.5 Å². The van der Waals surface area contributed by atoms with Gasteiger partial charge < -0.3 is 21.3 Å². The van der Waals surface area contributed by atoms with Crippen molar-refractivity contribution in [3.63, 3.8) is 0 Å². The van der Waals surface area contributed by atoms with E-state index in [-0.39, 0.29) is 29.8 Å². The first-order valence-corrected chi connectivity index (χ1v) is 14.1. The molecular weight excluding hydrogens is 496 g/mol. The molecule has 2 amide bonds. The first-order chi connectivity index (χ1) is 19.5. The van der Waals surface area contributed by atoms with Crippen molar-refractivity contribution in [1.29, 1.82) is 0 Å². The van der Waals surface area contributed by atoms with Crippen LogP contribution in [-0.4, -0.2) is 54.5 Å². The SMILES string of the molecule is CC(N)C[C@@H]1N[C@H](CNC(=O)c2ccc3ccccc3c2)CCN(CC(c2ccccc2)c2ccccc2)C1=O. The maximum atomic E-state index is 13.8. The number of carbonyl (C=O) groups excluding carboxylic acids is 2. The lowest BCUT2D eigenvalue weighted by atomic mass is 9.90. The van der Waals surface area contributed by atoms with Crippen molar-refractivity contribution in [3.8, 4) is 0 Å². The number of nitrogens with one attached hydrogen (secondary N) is 2. The molecule has 4 aromatic carbocycles. The van der Waals surface area contributed by atoms with Gasteiger partial charge in [0.25, 0.3) is 5.91 Å². The zero-order valence-corrected chi connectivity index (χ0v) is 23.0. The summed E-state index contributed by atoms with van der Waals surface area (Å²) < 4.78 is 0. The summed E-state index contributed by atoms with van der Waals surface area (Å²) in [4.78, 5) is 28.8. The van der Waals surface area contributed by atoms with Crippen LogP contribution >= 0.6 is 0 Å². The number of nitrogens with zero attached hydrogens (tertiary/aromatic N) is 1. The summed E-state index contributed by atoms with van der Waals surface area (Å²) in [5, 5.41) is 8.76. The minimum Gasteiger partial charge on any atom is -0.350 e. The molecule has 5 rings (SSSR count). The van der Waals surface area contributed by atoms with E-state index >= 15 is 0 Å². The average Bonchev–Trinajstić information content (AvgIpc) is 3.13. The van der Waals surface area contributed by atoms with E-state index in [1.807, 2.05) is 90.7 Å². The van der Waals surface area contributed by atoms with Gasteiger partial charge in [0.15, 0.2) is 0 Å². The highest BCUT2D eigenvalue weighted by atomic mass is 16.2. The van der Waals surface area contributed by atoms with E-state index in [0.717, 1.165) is 17.2 Å². The van der Waals surface area contributed by atoms with Crippen molar-refractivity contribution < 1.29 is 9.59 Å². The first-order valence-electron chi connectivity index (χ1n) is 14.1. The van der Waals surface area contributed by atoms with E-state index in [9.17, 15) is 9.59 Å². The van der Waals surface area contributed by atoms with Gasteiger partial charge in [-0.25, -0.2) is 0 Å². The molecule has 40 heavy (non-hydrogen) atoms. The molecule has 1 aliphatic heterocycles. The van der Waals surface area contributed by atoms with Crippen LogP contribution in [-0.2, 0) is 4.79 Å². The van der Waals surface area contributed by atoms with Gasteiger partial charge in [0.2, 0.25) is 5.91 Å². The van der Waals surface area contributed by atoms with Crippen LogP contribution < -0.4 is 16.4 Å². The smallest absolute Gasteiger partial charge is 0.251 e. The van der Waals surface area contributed by atoms with Gasteiger partial charge in [-0.15, -0.1) is 0 Å². The van der Waals surface area contributed by atoms with Gasteiger partial charge in [0.1, 0.15) is 0 Å². The quantitative estimate of drug-likeness (QED) is 0.291. The molecule has 3 atom stereocenters. The molecule has 1 saturated heterocycles. The first kappa shape index (κ1) is 27.6. The Morgan fingerprint density at radius 2 is 1.55 bits per heavy atom. The van der Waals surface area contributed by atoms with Gasteiger partial charge in [-0.1, -0.05) is 91.0 Å². The lowest BCUT2D eigenvalue weighted by Gasteiger charge is -2.30. The normalized spacial score (nSPS) is 18.5. The summed E-state index contributed by atoms with van der Waals surface area (Å²) in [7, 11) is 0. The maximum Gasteiger partial charge on any atom is 0.251 e. The summed E-state index contributed by atoms with van der Waals surface area (Å²) in [6.45, 7) is 3.55. The van der Waals surface area contributed by atoms with Gasteiger partial charge in [-0.3, -0.25) is 9.59 Å². The molecule has 1 fully saturated rings. The molecule has 0 spiro atoms. The highest BCUT2D eigenvalue weighted by Crippen LogP contribution is 2.27. The fourth-order valence-corrected chi connectivity index (χ4v) is 5.61. The van der Waals surface area contributed by atoms with Crippen LogP contribution in [0.25, 0.3) is 10.8 Å². The minimum absolute atomic E-state index is 0.0472. The Kier molecular flexibility index (Phi) is 8.89. The Morgan fingerprint density at radius 3 is 2.20 bits per heavy atom. The second kappa shape index (κ2) is 12.9. The van der Waals surface area contributed by atoms with Crippen LogP contribution in [0.2, 0.25) is 0 Å². The second-order valence-electron chi connectivity index (χ2n) is 10.8. The molecule has 206 valence electrons. The Bertz CT molecular complexity index is 1380. The molecule has 0 saturated carbocycles. The van der Waals surface area contributed by atoms with E-state index in [1.54, 1.807) is 0 Å². The molecule has 4 aromatic rings. The summed E-state index contributed by atoms with van der Waals surface area (Å²) in [6, 6.07) is 33.9. The van der Waals surface area contributed by atoms with Gasteiger partial charge in [0, 0.05) is 43.2 Å². The Balaban J connectivity index is 1.31. The fraction of sp³-hybridized carbons (Fsp3) is 0.294. The van der Waals surface area contributed by atoms with Crippen LogP contribution in [0.5, 0.6) is 0 Å². The number of rotatable bonds is 9. The predicted octanol–water partition coefficient (Wildman–Crippen LogP) is 4.70. The summed E-state index contributed by atoms with van der Waals surface area (Å²) in [5.74, 6) is 0.0147. The zero-order valence-electron chi connectivity index (χ0n) is 23.0. The van der Waals surface area contributed by atoms with Crippen molar-refractivity contribution >= 4 is 22.6 Å². The Hall–Kier alpha value is -4.00. The number of hydrogen-bond donors (Lipinski definition) is 3. The number of amides is 2. The molecule has 1 heterocycles. The Labute approximate surface area is 236 Å². The van der Waals surface area contributed by atoms with Crippen LogP contribution in [0, 0.1) is 0 Å².